The molecule has 1 spiro atoms. The quantitative estimate of drug-likeness (QED) is 0.652. The molecule has 3 saturated heterocycles. The molecule has 26 heavy (non-hydrogen) atoms. The third-order valence-electron chi connectivity index (χ3n) is 6.20. The van der Waals surface area contributed by atoms with Crippen molar-refractivity contribution in [2.75, 3.05) is 19.6 Å². The normalized spacial score (nSPS) is 31.6. The molecule has 144 valence electrons. The maximum absolute atomic E-state index is 12.7. The minimum absolute atomic E-state index is 0.137. The van der Waals surface area contributed by atoms with Crippen LogP contribution >= 0.6 is 0 Å². The Morgan fingerprint density at radius 1 is 1.31 bits per heavy atom. The molecule has 0 aromatic heterocycles. The number of nitrogens with zero attached hydrogens (tertiary/aromatic N) is 3. The van der Waals surface area contributed by atoms with Crippen LogP contribution in [0.1, 0.15) is 38.5 Å². The summed E-state index contributed by atoms with van der Waals surface area (Å²) < 4.78 is 18.2. The number of nitrogens with one attached hydrogen (secondary N) is 2. The predicted octanol–water partition coefficient (Wildman–Crippen LogP) is 0.180. The molecule has 1 aliphatic carbocycles. The van der Waals surface area contributed by atoms with Crippen LogP contribution in [-0.4, -0.2) is 63.9 Å². The van der Waals surface area contributed by atoms with E-state index in [1.807, 2.05) is 0 Å². The van der Waals surface area contributed by atoms with E-state index < -0.39 is 23.3 Å². The second-order valence-electron chi connectivity index (χ2n) is 7.74. The van der Waals surface area contributed by atoms with Gasteiger partial charge in [0.05, 0.1) is 10.6 Å². The van der Waals surface area contributed by atoms with Crippen LogP contribution in [0.25, 0.3) is 0 Å². The van der Waals surface area contributed by atoms with E-state index in [2.05, 4.69) is 15.2 Å². The number of hydrogen-bond acceptors (Lipinski definition) is 6. The third-order valence-corrected chi connectivity index (χ3v) is 6.61. The lowest BCUT2D eigenvalue weighted by Crippen LogP contribution is -2.58. The molecule has 0 aromatic carbocycles. The van der Waals surface area contributed by atoms with Gasteiger partial charge in [0.25, 0.3) is 0 Å². The maximum atomic E-state index is 12.7. The van der Waals surface area contributed by atoms with E-state index in [9.17, 15) is 18.7 Å². The molecule has 4 rings (SSSR count). The van der Waals surface area contributed by atoms with Crippen molar-refractivity contribution in [2.45, 2.75) is 56.7 Å². The number of hydroxylamine groups is 2. The molecular weight excluding hydrogens is 362 g/mol. The molecule has 10 nitrogen and oxygen atoms in total. The van der Waals surface area contributed by atoms with Crippen LogP contribution in [0.2, 0.25) is 0 Å². The van der Waals surface area contributed by atoms with Crippen molar-refractivity contribution < 1.29 is 18.1 Å². The fourth-order valence-corrected chi connectivity index (χ4v) is 5.19. The Morgan fingerprint density at radius 3 is 2.73 bits per heavy atom. The van der Waals surface area contributed by atoms with E-state index in [4.69, 9.17) is 4.28 Å². The average molecular weight is 385 g/mol. The molecule has 3 heterocycles. The first-order chi connectivity index (χ1) is 12.5. The van der Waals surface area contributed by atoms with E-state index in [-0.39, 0.29) is 18.0 Å². The van der Waals surface area contributed by atoms with Gasteiger partial charge < -0.3 is 15.5 Å². The second-order valence-corrected chi connectivity index (χ2v) is 8.47. The Morgan fingerprint density at radius 2 is 2.04 bits per heavy atom. The van der Waals surface area contributed by atoms with E-state index in [1.54, 1.807) is 0 Å². The molecule has 3 atom stereocenters. The van der Waals surface area contributed by atoms with Gasteiger partial charge >= 0.3 is 17.3 Å². The molecule has 2 bridgehead atoms. The fourth-order valence-electron chi connectivity index (χ4n) is 4.84. The van der Waals surface area contributed by atoms with Crippen molar-refractivity contribution in [1.29, 1.82) is 0 Å². The molecule has 4 aliphatic rings. The van der Waals surface area contributed by atoms with Crippen LogP contribution in [0.4, 0.5) is 4.79 Å². The number of fused-ring (bicyclic) bond motifs is 2. The number of rotatable bonds is 5. The van der Waals surface area contributed by atoms with Gasteiger partial charge in [0, 0.05) is 12.6 Å². The molecule has 2 N–H and O–H groups in total. The lowest BCUT2D eigenvalue weighted by Gasteiger charge is -2.51. The Balaban J connectivity index is 1.33. The summed E-state index contributed by atoms with van der Waals surface area (Å²) in [5.74, 6) is -0.137. The van der Waals surface area contributed by atoms with Crippen LogP contribution < -0.4 is 10.6 Å². The Hall–Kier alpha value is -1.59. The zero-order chi connectivity index (χ0) is 18.3. The first-order valence-corrected chi connectivity index (χ1v) is 10.1. The van der Waals surface area contributed by atoms with Crippen molar-refractivity contribution in [3.05, 3.63) is 4.91 Å². The number of carbonyl (C=O) groups is 2. The maximum Gasteiger partial charge on any atom is 0.346 e. The zero-order valence-electron chi connectivity index (χ0n) is 14.4. The standard InChI is InChI=1S/C15H23N5O5S/c21-13(17-10-7-15(8-10)3-5-16-6-4-15)12-2-1-11-9-19(12)14(22)20(11)25-26(24)18-23/h10-12,16H,1-9H2,(H,17,21). The Kier molecular flexibility index (Phi) is 4.70. The van der Waals surface area contributed by atoms with Crippen molar-refractivity contribution in [3.63, 3.8) is 0 Å². The molecule has 11 heteroatoms. The molecule has 4 fully saturated rings. The summed E-state index contributed by atoms with van der Waals surface area (Å²) >= 11 is -2.43. The Labute approximate surface area is 153 Å². The topological polar surface area (TPSA) is 120 Å². The molecular formula is C15H23N5O5S. The first-order valence-electron chi connectivity index (χ1n) is 9.06. The van der Waals surface area contributed by atoms with Gasteiger partial charge in [-0.15, -0.1) is 9.19 Å². The van der Waals surface area contributed by atoms with Crippen molar-refractivity contribution in [1.82, 2.24) is 20.6 Å². The van der Waals surface area contributed by atoms with Gasteiger partial charge in [-0.2, -0.15) is 9.27 Å². The van der Waals surface area contributed by atoms with E-state index >= 15 is 0 Å². The van der Waals surface area contributed by atoms with Gasteiger partial charge in [0.2, 0.25) is 5.91 Å². The Bertz CT molecular complexity index is 632. The minimum atomic E-state index is -2.43. The summed E-state index contributed by atoms with van der Waals surface area (Å²) in [5, 5.41) is 7.38. The van der Waals surface area contributed by atoms with Crippen molar-refractivity contribution in [2.24, 2.45) is 10.00 Å². The number of hydrogen-bond donors (Lipinski definition) is 2. The molecule has 3 unspecified atom stereocenters. The summed E-state index contributed by atoms with van der Waals surface area (Å²) in [4.78, 5) is 36.8. The highest BCUT2D eigenvalue weighted by Crippen LogP contribution is 2.48. The first kappa shape index (κ1) is 17.8. The highest BCUT2D eigenvalue weighted by molar-refractivity contribution is 7.78. The lowest BCUT2D eigenvalue weighted by molar-refractivity contribution is -0.128. The summed E-state index contributed by atoms with van der Waals surface area (Å²) in [6.45, 7) is 2.41. The van der Waals surface area contributed by atoms with Crippen molar-refractivity contribution >= 4 is 23.2 Å². The van der Waals surface area contributed by atoms with Gasteiger partial charge in [-0.05, 0) is 57.0 Å². The minimum Gasteiger partial charge on any atom is -0.352 e. The van der Waals surface area contributed by atoms with Crippen molar-refractivity contribution in [3.8, 4) is 0 Å². The SMILES string of the molecule is O=NS(=O)ON1C(=O)N2CC1CCC2C(=O)NC1CC2(CCNCC2)C1. The van der Waals surface area contributed by atoms with E-state index in [0.717, 1.165) is 43.8 Å². The largest absolute Gasteiger partial charge is 0.352 e. The second kappa shape index (κ2) is 6.86. The molecule has 0 aromatic rings. The molecule has 1 saturated carbocycles. The number of nitroso groups, excluding NO2 is 1. The lowest BCUT2D eigenvalue weighted by atomic mass is 9.60. The average Bonchev–Trinajstić information content (AvgIpc) is 2.86. The molecule has 0 radical (unpaired) electrons. The smallest absolute Gasteiger partial charge is 0.346 e. The third kappa shape index (κ3) is 3.12. The number of piperidine rings is 2. The highest BCUT2D eigenvalue weighted by atomic mass is 32.2. The predicted molar refractivity (Wildman–Crippen MR) is 91.5 cm³/mol. The van der Waals surface area contributed by atoms with Crippen LogP contribution in [-0.2, 0) is 20.3 Å². The number of amides is 3. The van der Waals surface area contributed by atoms with E-state index in [0.29, 0.717) is 24.8 Å². The van der Waals surface area contributed by atoms with Crippen LogP contribution in [0.3, 0.4) is 0 Å². The fraction of sp³-hybridized carbons (Fsp3) is 0.867. The van der Waals surface area contributed by atoms with Gasteiger partial charge in [0.1, 0.15) is 6.04 Å². The van der Waals surface area contributed by atoms with Gasteiger partial charge in [-0.1, -0.05) is 0 Å². The van der Waals surface area contributed by atoms with Gasteiger partial charge in [0.15, 0.2) is 0 Å². The van der Waals surface area contributed by atoms with E-state index in [1.165, 1.54) is 4.90 Å². The summed E-state index contributed by atoms with van der Waals surface area (Å²) in [5.41, 5.74) is 0.376. The van der Waals surface area contributed by atoms with Crippen LogP contribution in [0, 0.1) is 10.3 Å². The summed E-state index contributed by atoms with van der Waals surface area (Å²) in [6, 6.07) is -1.21. The monoisotopic (exact) mass is 385 g/mol. The van der Waals surface area contributed by atoms with Crippen LogP contribution in [0.5, 0.6) is 0 Å². The number of carbonyl (C=O) groups excluding carboxylic acids is 2. The highest BCUT2D eigenvalue weighted by Gasteiger charge is 2.50. The van der Waals surface area contributed by atoms with Gasteiger partial charge in [-0.3, -0.25) is 4.79 Å². The molecule has 3 amide bonds. The van der Waals surface area contributed by atoms with Crippen LogP contribution in [0.15, 0.2) is 4.58 Å². The number of urea groups is 1. The van der Waals surface area contributed by atoms with Gasteiger partial charge in [-0.25, -0.2) is 4.79 Å². The summed E-state index contributed by atoms with van der Waals surface area (Å²) in [7, 11) is 0. The molecule has 3 aliphatic heterocycles. The zero-order valence-corrected chi connectivity index (χ0v) is 15.2. The summed E-state index contributed by atoms with van der Waals surface area (Å²) in [6.07, 6.45) is 5.39.